The van der Waals surface area contributed by atoms with Gasteiger partial charge in [0.2, 0.25) is 5.91 Å². The van der Waals surface area contributed by atoms with Gasteiger partial charge in [-0.2, -0.15) is 0 Å². The van der Waals surface area contributed by atoms with E-state index in [0.717, 1.165) is 23.9 Å². The van der Waals surface area contributed by atoms with E-state index in [1.165, 1.54) is 18.4 Å². The molecule has 0 heterocycles. The summed E-state index contributed by atoms with van der Waals surface area (Å²) >= 11 is 3.48. The van der Waals surface area contributed by atoms with E-state index in [9.17, 15) is 4.79 Å². The Bertz CT molecular complexity index is 409. The van der Waals surface area contributed by atoms with E-state index in [2.05, 4.69) is 40.3 Å². The van der Waals surface area contributed by atoms with Gasteiger partial charge >= 0.3 is 0 Å². The Hall–Kier alpha value is -0.830. The van der Waals surface area contributed by atoms with Crippen molar-refractivity contribution in [1.29, 1.82) is 0 Å². The van der Waals surface area contributed by atoms with E-state index in [1.54, 1.807) is 0 Å². The maximum atomic E-state index is 11.9. The van der Waals surface area contributed by atoms with Crippen LogP contribution >= 0.6 is 15.9 Å². The number of hydrogen-bond acceptors (Lipinski definition) is 1. The molecule has 1 aliphatic rings. The van der Waals surface area contributed by atoms with Gasteiger partial charge in [0.05, 0.1) is 6.42 Å². The molecule has 0 aromatic heterocycles. The van der Waals surface area contributed by atoms with Gasteiger partial charge in [0, 0.05) is 11.9 Å². The minimum atomic E-state index is 0.139. The summed E-state index contributed by atoms with van der Waals surface area (Å²) in [5.41, 5.74) is 2.71. The van der Waals surface area contributed by atoms with Gasteiger partial charge in [0.15, 0.2) is 0 Å². The van der Waals surface area contributed by atoms with Crippen LogP contribution in [0, 0.1) is 12.3 Å². The van der Waals surface area contributed by atoms with E-state index in [-0.39, 0.29) is 5.91 Å². The van der Waals surface area contributed by atoms with Gasteiger partial charge in [0.25, 0.3) is 0 Å². The molecule has 0 atom stereocenters. The van der Waals surface area contributed by atoms with Crippen molar-refractivity contribution >= 4 is 21.8 Å². The molecule has 2 nitrogen and oxygen atoms in total. The standard InChI is InChI=1S/C15H20BrNO/c1-12-2-4-13(5-3-12)10-14(18)17-11-15(6-7-15)8-9-16/h2-5H,6-11H2,1H3,(H,17,18). The highest BCUT2D eigenvalue weighted by Crippen LogP contribution is 2.48. The van der Waals surface area contributed by atoms with Gasteiger partial charge in [-0.25, -0.2) is 0 Å². The maximum absolute atomic E-state index is 11.9. The van der Waals surface area contributed by atoms with Crippen molar-refractivity contribution in [3.8, 4) is 0 Å². The van der Waals surface area contributed by atoms with Crippen molar-refractivity contribution in [3.05, 3.63) is 35.4 Å². The van der Waals surface area contributed by atoms with Crippen LogP contribution in [-0.2, 0) is 11.2 Å². The molecule has 18 heavy (non-hydrogen) atoms. The Morgan fingerprint density at radius 2 is 2.00 bits per heavy atom. The van der Waals surface area contributed by atoms with Crippen LogP contribution in [0.25, 0.3) is 0 Å². The van der Waals surface area contributed by atoms with Crippen molar-refractivity contribution in [3.63, 3.8) is 0 Å². The summed E-state index contributed by atoms with van der Waals surface area (Å²) in [6.45, 7) is 2.89. The topological polar surface area (TPSA) is 29.1 Å². The first-order valence-corrected chi connectivity index (χ1v) is 7.64. The number of carbonyl (C=O) groups excluding carboxylic acids is 1. The minimum absolute atomic E-state index is 0.139. The summed E-state index contributed by atoms with van der Waals surface area (Å²) in [6.07, 6.45) is 4.16. The summed E-state index contributed by atoms with van der Waals surface area (Å²) in [5.74, 6) is 0.139. The molecular formula is C15H20BrNO. The normalized spacial score (nSPS) is 16.3. The van der Waals surface area contributed by atoms with Crippen LogP contribution in [0.1, 0.15) is 30.4 Å². The maximum Gasteiger partial charge on any atom is 0.224 e. The third kappa shape index (κ3) is 3.84. The van der Waals surface area contributed by atoms with E-state index in [0.29, 0.717) is 11.8 Å². The number of nitrogens with one attached hydrogen (secondary N) is 1. The zero-order chi connectivity index (χ0) is 13.0. The quantitative estimate of drug-likeness (QED) is 0.803. The first kappa shape index (κ1) is 13.6. The van der Waals surface area contributed by atoms with Crippen molar-refractivity contribution in [1.82, 2.24) is 5.32 Å². The molecule has 0 radical (unpaired) electrons. The van der Waals surface area contributed by atoms with Crippen molar-refractivity contribution in [2.45, 2.75) is 32.6 Å². The molecule has 3 heteroatoms. The van der Waals surface area contributed by atoms with Crippen LogP contribution < -0.4 is 5.32 Å². The van der Waals surface area contributed by atoms with Crippen molar-refractivity contribution in [2.75, 3.05) is 11.9 Å². The lowest BCUT2D eigenvalue weighted by Gasteiger charge is -2.14. The van der Waals surface area contributed by atoms with Gasteiger partial charge in [-0.15, -0.1) is 0 Å². The van der Waals surface area contributed by atoms with E-state index in [1.807, 2.05) is 12.1 Å². The van der Waals surface area contributed by atoms with Gasteiger partial charge in [-0.3, -0.25) is 4.79 Å². The predicted molar refractivity (Wildman–Crippen MR) is 78.0 cm³/mol. The van der Waals surface area contributed by atoms with Crippen LogP contribution in [0.3, 0.4) is 0 Å². The largest absolute Gasteiger partial charge is 0.355 e. The number of aryl methyl sites for hydroxylation is 1. The number of amides is 1. The highest BCUT2D eigenvalue weighted by atomic mass is 79.9. The molecule has 1 aromatic carbocycles. The van der Waals surface area contributed by atoms with E-state index >= 15 is 0 Å². The lowest BCUT2D eigenvalue weighted by molar-refractivity contribution is -0.120. The molecule has 1 saturated carbocycles. The van der Waals surface area contributed by atoms with Gasteiger partial charge in [-0.05, 0) is 37.2 Å². The van der Waals surface area contributed by atoms with Crippen LogP contribution in [0.5, 0.6) is 0 Å². The third-order valence-electron chi connectivity index (χ3n) is 3.73. The average molecular weight is 310 g/mol. The molecule has 1 aliphatic carbocycles. The number of alkyl halides is 1. The summed E-state index contributed by atoms with van der Waals surface area (Å²) < 4.78 is 0. The predicted octanol–water partition coefficient (Wildman–Crippen LogP) is 3.22. The van der Waals surface area contributed by atoms with Crippen molar-refractivity contribution in [2.24, 2.45) is 5.41 Å². The second-order valence-electron chi connectivity index (χ2n) is 5.38. The van der Waals surface area contributed by atoms with Crippen LogP contribution in [0.4, 0.5) is 0 Å². The molecule has 1 N–H and O–H groups in total. The van der Waals surface area contributed by atoms with E-state index in [4.69, 9.17) is 0 Å². The fraction of sp³-hybridized carbons (Fsp3) is 0.533. The molecule has 0 saturated heterocycles. The number of benzene rings is 1. The Morgan fingerprint density at radius 3 is 2.56 bits per heavy atom. The van der Waals surface area contributed by atoms with Crippen LogP contribution in [0.2, 0.25) is 0 Å². The zero-order valence-corrected chi connectivity index (χ0v) is 12.4. The molecule has 98 valence electrons. The zero-order valence-electron chi connectivity index (χ0n) is 10.8. The molecule has 1 amide bonds. The number of hydrogen-bond donors (Lipinski definition) is 1. The Morgan fingerprint density at radius 1 is 1.33 bits per heavy atom. The Kier molecular flexibility index (Phi) is 4.44. The third-order valence-corrected chi connectivity index (χ3v) is 4.12. The second-order valence-corrected chi connectivity index (χ2v) is 6.17. The smallest absolute Gasteiger partial charge is 0.224 e. The van der Waals surface area contributed by atoms with Gasteiger partial charge < -0.3 is 5.32 Å². The van der Waals surface area contributed by atoms with Crippen molar-refractivity contribution < 1.29 is 4.79 Å². The molecule has 0 bridgehead atoms. The van der Waals surface area contributed by atoms with Crippen LogP contribution in [-0.4, -0.2) is 17.8 Å². The lowest BCUT2D eigenvalue weighted by atomic mass is 10.0. The monoisotopic (exact) mass is 309 g/mol. The molecule has 0 unspecified atom stereocenters. The minimum Gasteiger partial charge on any atom is -0.355 e. The number of carbonyl (C=O) groups is 1. The molecule has 1 aromatic rings. The summed E-state index contributed by atoms with van der Waals surface area (Å²) in [7, 11) is 0. The van der Waals surface area contributed by atoms with Gasteiger partial charge in [0.1, 0.15) is 0 Å². The second kappa shape index (κ2) is 5.87. The number of rotatable bonds is 6. The molecule has 2 rings (SSSR count). The molecule has 0 aliphatic heterocycles. The van der Waals surface area contributed by atoms with Gasteiger partial charge in [-0.1, -0.05) is 45.8 Å². The fourth-order valence-electron chi connectivity index (χ4n) is 2.13. The first-order valence-electron chi connectivity index (χ1n) is 6.52. The highest BCUT2D eigenvalue weighted by molar-refractivity contribution is 9.09. The molecule has 0 spiro atoms. The first-order chi connectivity index (χ1) is 8.63. The number of halogens is 1. The SMILES string of the molecule is Cc1ccc(CC(=O)NCC2(CCBr)CC2)cc1. The summed E-state index contributed by atoms with van der Waals surface area (Å²) in [6, 6.07) is 8.16. The lowest BCUT2D eigenvalue weighted by Crippen LogP contribution is -2.31. The average Bonchev–Trinajstić information content (AvgIpc) is 3.11. The fourth-order valence-corrected chi connectivity index (χ4v) is 2.97. The van der Waals surface area contributed by atoms with E-state index < -0.39 is 0 Å². The highest BCUT2D eigenvalue weighted by Gasteiger charge is 2.41. The van der Waals surface area contributed by atoms with Crippen LogP contribution in [0.15, 0.2) is 24.3 Å². The Balaban J connectivity index is 1.77. The summed E-state index contributed by atoms with van der Waals surface area (Å²) in [4.78, 5) is 11.9. The molecular weight excluding hydrogens is 290 g/mol. The molecule has 1 fully saturated rings. The Labute approximate surface area is 117 Å². The summed E-state index contributed by atoms with van der Waals surface area (Å²) in [5, 5.41) is 4.10.